The largest absolute Gasteiger partial charge is 0.573 e. The van der Waals surface area contributed by atoms with Gasteiger partial charge in [-0.15, -0.1) is 13.2 Å². The smallest absolute Gasteiger partial charge is 0.406 e. The van der Waals surface area contributed by atoms with Crippen molar-refractivity contribution >= 4 is 11.6 Å². The summed E-state index contributed by atoms with van der Waals surface area (Å²) in [7, 11) is 0. The lowest BCUT2D eigenvalue weighted by Crippen LogP contribution is -2.17. The second-order valence-electron chi connectivity index (χ2n) is 2.89. The van der Waals surface area contributed by atoms with Gasteiger partial charge in [-0.25, -0.2) is 0 Å². The molecule has 0 aliphatic heterocycles. The van der Waals surface area contributed by atoms with Crippen molar-refractivity contribution in [1.29, 1.82) is 0 Å². The van der Waals surface area contributed by atoms with Gasteiger partial charge in [-0.2, -0.15) is 0 Å². The zero-order valence-electron chi connectivity index (χ0n) is 7.64. The number of benzene rings is 1. The maximum atomic E-state index is 11.8. The Morgan fingerprint density at radius 2 is 1.80 bits per heavy atom. The molecular weight excluding hydrogens is 229 g/mol. The molecule has 0 amide bonds. The van der Waals surface area contributed by atoms with E-state index in [2.05, 4.69) is 11.3 Å². The van der Waals surface area contributed by atoms with Gasteiger partial charge in [-0.1, -0.05) is 30.3 Å². The molecule has 1 rings (SSSR count). The van der Waals surface area contributed by atoms with E-state index in [1.165, 1.54) is 24.3 Å². The maximum Gasteiger partial charge on any atom is 0.573 e. The number of ether oxygens (including phenoxy) is 1. The summed E-state index contributed by atoms with van der Waals surface area (Å²) in [6, 6.07) is 5.49. The summed E-state index contributed by atoms with van der Waals surface area (Å²) in [5.74, 6) is -0.244. The van der Waals surface area contributed by atoms with Crippen molar-refractivity contribution < 1.29 is 17.9 Å². The van der Waals surface area contributed by atoms with Crippen LogP contribution in [0.4, 0.5) is 13.2 Å². The summed E-state index contributed by atoms with van der Waals surface area (Å²) >= 11 is 5.55. The summed E-state index contributed by atoms with van der Waals surface area (Å²) in [5, 5.41) is 0.430. The van der Waals surface area contributed by atoms with Crippen LogP contribution in [0.2, 0.25) is 0 Å². The Bertz CT molecular complexity index is 343. The van der Waals surface area contributed by atoms with Gasteiger partial charge in [0.1, 0.15) is 5.75 Å². The third-order valence-corrected chi connectivity index (χ3v) is 1.69. The Hall–Kier alpha value is -1.16. The van der Waals surface area contributed by atoms with Crippen molar-refractivity contribution in [3.8, 4) is 5.75 Å². The summed E-state index contributed by atoms with van der Waals surface area (Å²) in [4.78, 5) is 0. The summed E-state index contributed by atoms with van der Waals surface area (Å²) < 4.78 is 39.1. The average molecular weight is 237 g/mol. The van der Waals surface area contributed by atoms with Crippen LogP contribution < -0.4 is 4.74 Å². The van der Waals surface area contributed by atoms with Crippen LogP contribution in [0.3, 0.4) is 0 Å². The number of alkyl halides is 3. The lowest BCUT2D eigenvalue weighted by Gasteiger charge is -2.08. The fraction of sp³-hybridized carbons (Fsp3) is 0.200. The minimum Gasteiger partial charge on any atom is -0.406 e. The van der Waals surface area contributed by atoms with Crippen molar-refractivity contribution in [2.75, 3.05) is 0 Å². The average Bonchev–Trinajstić information content (AvgIpc) is 2.05. The monoisotopic (exact) mass is 236 g/mol. The molecule has 0 spiro atoms. The highest BCUT2D eigenvalue weighted by atomic mass is 35.5. The molecule has 5 heteroatoms. The molecule has 0 saturated carbocycles. The van der Waals surface area contributed by atoms with E-state index in [9.17, 15) is 13.2 Å². The standard InChI is InChI=1S/C10H8ClF3O/c1-7(11)6-8-2-4-9(5-3-8)15-10(12,13)14/h2-5H,1,6H2. The van der Waals surface area contributed by atoms with E-state index in [1.54, 1.807) is 0 Å². The van der Waals surface area contributed by atoms with Crippen molar-refractivity contribution in [1.82, 2.24) is 0 Å². The first kappa shape index (κ1) is 11.9. The molecule has 0 atom stereocenters. The number of hydrogen-bond acceptors (Lipinski definition) is 1. The molecule has 0 unspecified atom stereocenters. The Morgan fingerprint density at radius 3 is 2.20 bits per heavy atom. The van der Waals surface area contributed by atoms with Gasteiger partial charge in [0.25, 0.3) is 0 Å². The Morgan fingerprint density at radius 1 is 1.27 bits per heavy atom. The van der Waals surface area contributed by atoms with Gasteiger partial charge in [-0.3, -0.25) is 0 Å². The zero-order chi connectivity index (χ0) is 11.5. The molecule has 82 valence electrons. The normalized spacial score (nSPS) is 11.2. The van der Waals surface area contributed by atoms with Crippen LogP contribution in [0, 0.1) is 0 Å². The summed E-state index contributed by atoms with van der Waals surface area (Å²) in [6.07, 6.45) is -4.23. The van der Waals surface area contributed by atoms with Gasteiger partial charge in [0.15, 0.2) is 0 Å². The van der Waals surface area contributed by atoms with Crippen molar-refractivity contribution in [3.63, 3.8) is 0 Å². The van der Waals surface area contributed by atoms with Crippen molar-refractivity contribution in [2.24, 2.45) is 0 Å². The third-order valence-electron chi connectivity index (χ3n) is 1.55. The lowest BCUT2D eigenvalue weighted by molar-refractivity contribution is -0.274. The van der Waals surface area contributed by atoms with Crippen LogP contribution in [-0.4, -0.2) is 6.36 Å². The molecule has 15 heavy (non-hydrogen) atoms. The lowest BCUT2D eigenvalue weighted by atomic mass is 10.1. The first-order valence-electron chi connectivity index (χ1n) is 4.05. The Balaban J connectivity index is 2.68. The van der Waals surface area contributed by atoms with E-state index in [-0.39, 0.29) is 5.75 Å². The third kappa shape index (κ3) is 4.74. The van der Waals surface area contributed by atoms with Crippen LogP contribution in [0.25, 0.3) is 0 Å². The summed E-state index contributed by atoms with van der Waals surface area (Å²) in [5.41, 5.74) is 0.782. The van der Waals surface area contributed by atoms with Crippen LogP contribution >= 0.6 is 11.6 Å². The van der Waals surface area contributed by atoms with E-state index in [1.807, 2.05) is 0 Å². The van der Waals surface area contributed by atoms with Gasteiger partial charge in [0.2, 0.25) is 0 Å². The van der Waals surface area contributed by atoms with Crippen molar-refractivity contribution in [2.45, 2.75) is 12.8 Å². The molecule has 0 aliphatic carbocycles. The van der Waals surface area contributed by atoms with E-state index in [4.69, 9.17) is 11.6 Å². The predicted molar refractivity (Wildman–Crippen MR) is 51.8 cm³/mol. The molecule has 0 fully saturated rings. The molecule has 0 saturated heterocycles. The minimum atomic E-state index is -4.66. The van der Waals surface area contributed by atoms with Crippen LogP contribution in [0.1, 0.15) is 5.56 Å². The molecule has 1 nitrogen and oxygen atoms in total. The van der Waals surface area contributed by atoms with Crippen molar-refractivity contribution in [3.05, 3.63) is 41.4 Å². The highest BCUT2D eigenvalue weighted by molar-refractivity contribution is 6.29. The second kappa shape index (κ2) is 4.57. The molecule has 0 N–H and O–H groups in total. The fourth-order valence-electron chi connectivity index (χ4n) is 1.03. The number of hydrogen-bond donors (Lipinski definition) is 0. The molecule has 1 aromatic carbocycles. The van der Waals surface area contributed by atoms with Gasteiger partial charge in [0, 0.05) is 11.5 Å². The SMILES string of the molecule is C=C(Cl)Cc1ccc(OC(F)(F)F)cc1. The number of allylic oxidation sites excluding steroid dienone is 1. The fourth-order valence-corrected chi connectivity index (χ4v) is 1.18. The second-order valence-corrected chi connectivity index (χ2v) is 3.42. The molecule has 1 aromatic rings. The topological polar surface area (TPSA) is 9.23 Å². The molecular formula is C10H8ClF3O. The Kier molecular flexibility index (Phi) is 3.63. The van der Waals surface area contributed by atoms with Gasteiger partial charge >= 0.3 is 6.36 Å². The molecule has 0 heterocycles. The molecule has 0 radical (unpaired) electrons. The number of halogens is 4. The highest BCUT2D eigenvalue weighted by Crippen LogP contribution is 2.23. The van der Waals surface area contributed by atoms with E-state index in [0.29, 0.717) is 11.5 Å². The zero-order valence-corrected chi connectivity index (χ0v) is 8.40. The molecule has 0 aliphatic rings. The molecule has 0 bridgehead atoms. The summed E-state index contributed by atoms with van der Waals surface area (Å²) in [6.45, 7) is 3.49. The van der Waals surface area contributed by atoms with Gasteiger partial charge in [0.05, 0.1) is 0 Å². The minimum absolute atomic E-state index is 0.244. The number of rotatable bonds is 3. The Labute approximate surface area is 90.1 Å². The van der Waals surface area contributed by atoms with Crippen LogP contribution in [-0.2, 0) is 6.42 Å². The predicted octanol–water partition coefficient (Wildman–Crippen LogP) is 3.88. The van der Waals surface area contributed by atoms with Gasteiger partial charge in [-0.05, 0) is 17.7 Å². The first-order chi connectivity index (χ1) is 6.87. The molecule has 0 aromatic heterocycles. The maximum absolute atomic E-state index is 11.8. The highest BCUT2D eigenvalue weighted by Gasteiger charge is 2.30. The van der Waals surface area contributed by atoms with E-state index >= 15 is 0 Å². The first-order valence-corrected chi connectivity index (χ1v) is 4.42. The quantitative estimate of drug-likeness (QED) is 0.774. The van der Waals surface area contributed by atoms with Crippen LogP contribution in [0.15, 0.2) is 35.9 Å². The van der Waals surface area contributed by atoms with E-state index in [0.717, 1.165) is 5.56 Å². The van der Waals surface area contributed by atoms with Gasteiger partial charge < -0.3 is 4.74 Å². The van der Waals surface area contributed by atoms with Crippen LogP contribution in [0.5, 0.6) is 5.75 Å². The van der Waals surface area contributed by atoms with E-state index < -0.39 is 6.36 Å².